The molecule has 26 heavy (non-hydrogen) atoms. The van der Waals surface area contributed by atoms with E-state index < -0.39 is 0 Å². The van der Waals surface area contributed by atoms with Crippen molar-refractivity contribution in [2.24, 2.45) is 5.41 Å². The van der Waals surface area contributed by atoms with Gasteiger partial charge >= 0.3 is 5.97 Å². The minimum absolute atomic E-state index is 0.0259. The minimum atomic E-state index is -0.280. The molecule has 0 spiro atoms. The zero-order valence-electron chi connectivity index (χ0n) is 16.0. The van der Waals surface area contributed by atoms with Gasteiger partial charge in [-0.05, 0) is 29.5 Å². The van der Waals surface area contributed by atoms with Crippen LogP contribution >= 0.6 is 11.6 Å². The van der Waals surface area contributed by atoms with Gasteiger partial charge in [-0.1, -0.05) is 51.3 Å². The normalized spacial score (nSPS) is 16.6. The van der Waals surface area contributed by atoms with E-state index in [1.807, 2.05) is 13.8 Å². The molecule has 142 valence electrons. The first kappa shape index (κ1) is 20.5. The Balaban J connectivity index is 2.39. The van der Waals surface area contributed by atoms with Crippen LogP contribution in [0.25, 0.3) is 5.57 Å². The molecule has 5 heteroatoms. The molecule has 4 nitrogen and oxygen atoms in total. The molecule has 0 radical (unpaired) electrons. The number of hydrogen-bond donors (Lipinski definition) is 0. The van der Waals surface area contributed by atoms with E-state index >= 15 is 0 Å². The Morgan fingerprint density at radius 3 is 2.62 bits per heavy atom. The Morgan fingerprint density at radius 2 is 1.96 bits per heavy atom. The second kappa shape index (κ2) is 8.72. The van der Waals surface area contributed by atoms with Crippen LogP contribution in [-0.4, -0.2) is 18.9 Å². The van der Waals surface area contributed by atoms with Gasteiger partial charge in [-0.15, -0.1) is 0 Å². The Kier molecular flexibility index (Phi) is 6.87. The molecule has 2 rings (SSSR count). The number of hydrogen-bond acceptors (Lipinski definition) is 4. The topological polar surface area (TPSA) is 52.6 Å². The average molecular weight is 379 g/mol. The van der Waals surface area contributed by atoms with Gasteiger partial charge in [0.05, 0.1) is 17.7 Å². The fourth-order valence-corrected chi connectivity index (χ4v) is 3.39. The molecule has 1 aliphatic rings. The Hall–Kier alpha value is -1.81. The molecular weight excluding hydrogens is 352 g/mol. The molecule has 0 N–H and O–H groups in total. The number of carbonyl (C=O) groups is 2. The van der Waals surface area contributed by atoms with Gasteiger partial charge in [0.15, 0.2) is 5.78 Å². The van der Waals surface area contributed by atoms with Crippen molar-refractivity contribution in [2.45, 2.75) is 59.3 Å². The highest BCUT2D eigenvalue weighted by molar-refractivity contribution is 6.32. The van der Waals surface area contributed by atoms with Gasteiger partial charge in [0.1, 0.15) is 11.5 Å². The summed E-state index contributed by atoms with van der Waals surface area (Å²) in [4.78, 5) is 25.1. The summed E-state index contributed by atoms with van der Waals surface area (Å²) in [6, 6.07) is 5.18. The first-order valence-corrected chi connectivity index (χ1v) is 9.46. The lowest BCUT2D eigenvalue weighted by Crippen LogP contribution is -2.27. The number of methoxy groups -OCH3 is 1. The number of esters is 1. The number of ketones is 1. The quantitative estimate of drug-likeness (QED) is 0.459. The zero-order chi connectivity index (χ0) is 19.3. The van der Waals surface area contributed by atoms with E-state index in [2.05, 4.69) is 6.92 Å². The lowest BCUT2D eigenvalue weighted by atomic mass is 9.75. The van der Waals surface area contributed by atoms with Crippen LogP contribution in [0.2, 0.25) is 5.02 Å². The third kappa shape index (κ3) is 5.10. The van der Waals surface area contributed by atoms with Gasteiger partial charge < -0.3 is 9.47 Å². The van der Waals surface area contributed by atoms with Crippen molar-refractivity contribution in [3.8, 4) is 5.75 Å². The van der Waals surface area contributed by atoms with Crippen molar-refractivity contribution in [2.75, 3.05) is 7.11 Å². The van der Waals surface area contributed by atoms with E-state index in [9.17, 15) is 9.59 Å². The lowest BCUT2D eigenvalue weighted by Gasteiger charge is -2.31. The fourth-order valence-electron chi connectivity index (χ4n) is 3.20. The molecule has 0 aromatic heterocycles. The molecule has 1 aromatic rings. The summed E-state index contributed by atoms with van der Waals surface area (Å²) in [5.41, 5.74) is 0.891. The summed E-state index contributed by atoms with van der Waals surface area (Å²) in [5, 5.41) is 0.471. The highest BCUT2D eigenvalue weighted by atomic mass is 35.5. The number of rotatable bonds is 7. The van der Waals surface area contributed by atoms with Crippen LogP contribution in [0.5, 0.6) is 5.75 Å². The molecule has 0 unspecified atom stereocenters. The number of halogens is 1. The second-order valence-corrected chi connectivity index (χ2v) is 7.93. The maximum atomic E-state index is 12.8. The van der Waals surface area contributed by atoms with Gasteiger partial charge in [0.25, 0.3) is 0 Å². The molecule has 1 aliphatic carbocycles. The highest BCUT2D eigenvalue weighted by Crippen LogP contribution is 2.42. The van der Waals surface area contributed by atoms with Crippen molar-refractivity contribution in [3.63, 3.8) is 0 Å². The molecular formula is C21H27ClO4. The predicted octanol–water partition coefficient (Wildman–Crippen LogP) is 5.57. The van der Waals surface area contributed by atoms with Gasteiger partial charge in [-0.25, -0.2) is 0 Å². The summed E-state index contributed by atoms with van der Waals surface area (Å²) < 4.78 is 10.9. The van der Waals surface area contributed by atoms with Gasteiger partial charge in [-0.3, -0.25) is 9.59 Å². The molecule has 0 atom stereocenters. The third-order valence-electron chi connectivity index (χ3n) is 4.50. The molecule has 0 heterocycles. The van der Waals surface area contributed by atoms with Crippen molar-refractivity contribution >= 4 is 28.9 Å². The molecule has 0 saturated heterocycles. The van der Waals surface area contributed by atoms with E-state index in [0.29, 0.717) is 46.9 Å². The number of benzene rings is 1. The number of carbonyl (C=O) groups excluding carboxylic acids is 2. The largest absolute Gasteiger partial charge is 0.495 e. The second-order valence-electron chi connectivity index (χ2n) is 7.52. The number of unbranched alkanes of at least 4 members (excludes halogenated alkanes) is 2. The number of ether oxygens (including phenoxy) is 2. The monoisotopic (exact) mass is 378 g/mol. The van der Waals surface area contributed by atoms with Crippen LogP contribution in [0, 0.1) is 5.41 Å². The van der Waals surface area contributed by atoms with Crippen molar-refractivity contribution < 1.29 is 19.1 Å². The minimum Gasteiger partial charge on any atom is -0.495 e. The zero-order valence-corrected chi connectivity index (χ0v) is 16.7. The summed E-state index contributed by atoms with van der Waals surface area (Å²) in [6.45, 7) is 6.10. The van der Waals surface area contributed by atoms with Crippen molar-refractivity contribution in [3.05, 3.63) is 34.5 Å². The molecule has 0 saturated carbocycles. The standard InChI is InChI=1S/C21H27ClO4/c1-5-6-7-8-19(24)26-18-13-21(2,3)12-16(23)20(18)14-9-10-15(22)17(11-14)25-4/h9-11H,5-8,12-13H2,1-4H3. The third-order valence-corrected chi connectivity index (χ3v) is 4.81. The maximum absolute atomic E-state index is 12.8. The van der Waals surface area contributed by atoms with Gasteiger partial charge in [0.2, 0.25) is 0 Å². The number of allylic oxidation sites excluding steroid dienone is 2. The van der Waals surface area contributed by atoms with E-state index in [-0.39, 0.29) is 17.2 Å². The van der Waals surface area contributed by atoms with Crippen LogP contribution in [-0.2, 0) is 14.3 Å². The van der Waals surface area contributed by atoms with Crippen LogP contribution in [0.15, 0.2) is 24.0 Å². The van der Waals surface area contributed by atoms with E-state index in [1.54, 1.807) is 18.2 Å². The predicted molar refractivity (Wildman–Crippen MR) is 103 cm³/mol. The van der Waals surface area contributed by atoms with Crippen LogP contribution in [0.1, 0.15) is 64.9 Å². The van der Waals surface area contributed by atoms with Gasteiger partial charge in [-0.2, -0.15) is 0 Å². The maximum Gasteiger partial charge on any atom is 0.310 e. The Bertz CT molecular complexity index is 719. The average Bonchev–Trinajstić information content (AvgIpc) is 2.55. The van der Waals surface area contributed by atoms with Crippen LogP contribution in [0.4, 0.5) is 0 Å². The number of Topliss-reactive ketones (excluding diaryl/α,β-unsaturated/α-hetero) is 1. The summed E-state index contributed by atoms with van der Waals surface area (Å²) in [7, 11) is 1.53. The van der Waals surface area contributed by atoms with Crippen molar-refractivity contribution in [1.29, 1.82) is 0 Å². The molecule has 0 aliphatic heterocycles. The summed E-state index contributed by atoms with van der Waals surface area (Å²) >= 11 is 6.10. The molecule has 1 aromatic carbocycles. The highest BCUT2D eigenvalue weighted by Gasteiger charge is 2.35. The summed E-state index contributed by atoms with van der Waals surface area (Å²) in [6.07, 6.45) is 4.13. The Morgan fingerprint density at radius 1 is 1.23 bits per heavy atom. The fraction of sp³-hybridized carbons (Fsp3) is 0.524. The molecule has 0 bridgehead atoms. The molecule has 0 fully saturated rings. The van der Waals surface area contributed by atoms with Gasteiger partial charge in [0, 0.05) is 19.3 Å². The van der Waals surface area contributed by atoms with Crippen molar-refractivity contribution in [1.82, 2.24) is 0 Å². The summed E-state index contributed by atoms with van der Waals surface area (Å²) in [5.74, 6) is 0.638. The van der Waals surface area contributed by atoms with E-state index in [0.717, 1.165) is 19.3 Å². The van der Waals surface area contributed by atoms with Crippen LogP contribution < -0.4 is 4.74 Å². The first-order valence-electron chi connectivity index (χ1n) is 9.08. The smallest absolute Gasteiger partial charge is 0.310 e. The lowest BCUT2D eigenvalue weighted by molar-refractivity contribution is -0.140. The first-order chi connectivity index (χ1) is 12.3. The van der Waals surface area contributed by atoms with Crippen LogP contribution in [0.3, 0.4) is 0 Å². The Labute approximate surface area is 160 Å². The SMILES string of the molecule is CCCCCC(=O)OC1=C(c2ccc(Cl)c(OC)c2)C(=O)CC(C)(C)C1. The van der Waals surface area contributed by atoms with E-state index in [1.165, 1.54) is 7.11 Å². The molecule has 0 amide bonds. The van der Waals surface area contributed by atoms with E-state index in [4.69, 9.17) is 21.1 Å².